The summed E-state index contributed by atoms with van der Waals surface area (Å²) in [7, 11) is 0. The fourth-order valence-electron chi connectivity index (χ4n) is 4.80. The molecule has 2 fully saturated rings. The molecule has 6 atom stereocenters. The summed E-state index contributed by atoms with van der Waals surface area (Å²) < 4.78 is 36.1. The molecule has 1 saturated heterocycles. The van der Waals surface area contributed by atoms with Crippen molar-refractivity contribution >= 4 is 0 Å². The van der Waals surface area contributed by atoms with Crippen LogP contribution in [-0.4, -0.2) is 55.1 Å². The molecule has 1 aliphatic carbocycles. The molecule has 2 aliphatic rings. The van der Waals surface area contributed by atoms with Gasteiger partial charge in [0.15, 0.2) is 11.6 Å². The van der Waals surface area contributed by atoms with Crippen LogP contribution in [0.2, 0.25) is 0 Å². The average Bonchev–Trinajstić information content (AvgIpc) is 3.46. The van der Waals surface area contributed by atoms with Crippen LogP contribution in [0.3, 0.4) is 0 Å². The number of rotatable bonds is 8. The Balaban J connectivity index is 1.41. The lowest BCUT2D eigenvalue weighted by molar-refractivity contribution is -0.0273. The van der Waals surface area contributed by atoms with E-state index in [1.54, 1.807) is 6.08 Å². The number of alkyl halides is 2. The Morgan fingerprint density at radius 3 is 2.91 bits per heavy atom. The van der Waals surface area contributed by atoms with Crippen molar-refractivity contribution in [2.45, 2.75) is 69.7 Å². The van der Waals surface area contributed by atoms with Crippen molar-refractivity contribution in [2.75, 3.05) is 0 Å². The predicted molar refractivity (Wildman–Crippen MR) is 117 cm³/mol. The fourth-order valence-corrected chi connectivity index (χ4v) is 4.80. The van der Waals surface area contributed by atoms with E-state index < -0.39 is 36.1 Å². The van der Waals surface area contributed by atoms with Crippen molar-refractivity contribution in [2.24, 2.45) is 11.8 Å². The van der Waals surface area contributed by atoms with Crippen LogP contribution in [0.25, 0.3) is 0 Å². The number of hydrogen-bond donors (Lipinski definition) is 3. The fraction of sp³-hybridized carbons (Fsp3) is 0.542. The number of nitrogens with zero attached hydrogens (tertiary/aromatic N) is 3. The van der Waals surface area contributed by atoms with Crippen molar-refractivity contribution < 1.29 is 23.7 Å². The number of halogens is 2. The molecule has 1 aromatic carbocycles. The first-order valence-electron chi connectivity index (χ1n) is 11.4. The Morgan fingerprint density at radius 1 is 1.36 bits per heavy atom. The minimum atomic E-state index is -3.18. The Kier molecular flexibility index (Phi) is 6.90. The lowest BCUT2D eigenvalue weighted by Crippen LogP contribution is -2.33. The SMILES string of the molecule is Cc1cccc([C@@H](C)[C@H](O)C=C[C@@H]2[C@@H]3[C@H](C[C@H]2O)O/C(=C\CCCc2nn[nH]n2)C3(F)F)c1. The van der Waals surface area contributed by atoms with Gasteiger partial charge in [-0.15, -0.1) is 10.2 Å². The number of H-pyrrole nitrogens is 1. The number of nitrogens with one attached hydrogen (secondary N) is 1. The third-order valence-corrected chi connectivity index (χ3v) is 6.69. The standard InChI is InChI=1S/C24H30F2N4O3/c1-14-6-5-7-16(12-14)15(2)18(31)11-10-17-19(32)13-20-23(17)24(25,26)21(33-20)8-3-4-9-22-27-29-30-28-22/h5-8,10-12,15,17-20,23,31-32H,3-4,9,13H2,1-2H3,(H,27,28,29,30)/b11-10?,21-8-/t15-,17+,18-,19-,20+,23-/m1/s1. The number of aliphatic hydroxyl groups is 2. The molecule has 0 amide bonds. The van der Waals surface area contributed by atoms with Gasteiger partial charge in [-0.1, -0.05) is 54.1 Å². The van der Waals surface area contributed by atoms with Crippen molar-refractivity contribution in [1.82, 2.24) is 20.6 Å². The second-order valence-corrected chi connectivity index (χ2v) is 9.05. The van der Waals surface area contributed by atoms with Gasteiger partial charge >= 0.3 is 5.92 Å². The van der Waals surface area contributed by atoms with E-state index in [-0.39, 0.29) is 18.1 Å². The van der Waals surface area contributed by atoms with E-state index in [4.69, 9.17) is 4.74 Å². The quantitative estimate of drug-likeness (QED) is 0.412. The van der Waals surface area contributed by atoms with Gasteiger partial charge in [-0.05, 0) is 31.4 Å². The summed E-state index contributed by atoms with van der Waals surface area (Å²) in [4.78, 5) is 0. The van der Waals surface area contributed by atoms with E-state index in [1.165, 1.54) is 12.2 Å². The predicted octanol–water partition coefficient (Wildman–Crippen LogP) is 3.47. The van der Waals surface area contributed by atoms with E-state index in [0.717, 1.165) is 11.1 Å². The van der Waals surface area contributed by atoms with Crippen molar-refractivity contribution in [3.8, 4) is 0 Å². The molecular weight excluding hydrogens is 430 g/mol. The van der Waals surface area contributed by atoms with Gasteiger partial charge in [-0.2, -0.15) is 14.0 Å². The maximum Gasteiger partial charge on any atom is 0.310 e. The molecule has 2 heterocycles. The Labute approximate surface area is 191 Å². The highest BCUT2D eigenvalue weighted by Crippen LogP contribution is 2.54. The molecule has 7 nitrogen and oxygen atoms in total. The van der Waals surface area contributed by atoms with E-state index in [9.17, 15) is 10.2 Å². The van der Waals surface area contributed by atoms with Crippen molar-refractivity contribution in [3.05, 3.63) is 65.2 Å². The molecule has 1 saturated carbocycles. The molecule has 1 aliphatic heterocycles. The molecule has 4 rings (SSSR count). The smallest absolute Gasteiger partial charge is 0.310 e. The topological polar surface area (TPSA) is 104 Å². The number of tetrazole rings is 1. The van der Waals surface area contributed by atoms with Gasteiger partial charge in [0.1, 0.15) is 6.10 Å². The highest BCUT2D eigenvalue weighted by atomic mass is 19.3. The van der Waals surface area contributed by atoms with E-state index in [0.29, 0.717) is 25.1 Å². The normalized spacial score (nSPS) is 29.3. The highest BCUT2D eigenvalue weighted by molar-refractivity contribution is 5.27. The minimum Gasteiger partial charge on any atom is -0.488 e. The zero-order valence-corrected chi connectivity index (χ0v) is 18.7. The van der Waals surface area contributed by atoms with Crippen LogP contribution in [0.15, 0.2) is 48.3 Å². The largest absolute Gasteiger partial charge is 0.488 e. The summed E-state index contributed by atoms with van der Waals surface area (Å²) in [6, 6.07) is 7.84. The lowest BCUT2D eigenvalue weighted by atomic mass is 9.86. The lowest BCUT2D eigenvalue weighted by Gasteiger charge is -2.23. The van der Waals surface area contributed by atoms with Crippen LogP contribution >= 0.6 is 0 Å². The van der Waals surface area contributed by atoms with Crippen LogP contribution < -0.4 is 0 Å². The van der Waals surface area contributed by atoms with E-state index in [1.807, 2.05) is 38.1 Å². The van der Waals surface area contributed by atoms with Crippen LogP contribution in [0.5, 0.6) is 0 Å². The monoisotopic (exact) mass is 460 g/mol. The van der Waals surface area contributed by atoms with Crippen LogP contribution in [0, 0.1) is 18.8 Å². The third kappa shape index (κ3) is 4.99. The van der Waals surface area contributed by atoms with Gasteiger partial charge in [-0.3, -0.25) is 0 Å². The number of aromatic nitrogens is 4. The van der Waals surface area contributed by atoms with Gasteiger partial charge in [-0.25, -0.2) is 0 Å². The maximum absolute atomic E-state index is 15.2. The zero-order chi connectivity index (χ0) is 23.6. The number of unbranched alkanes of at least 4 members (excludes halogenated alkanes) is 1. The highest BCUT2D eigenvalue weighted by Gasteiger charge is 2.63. The number of fused-ring (bicyclic) bond motifs is 1. The van der Waals surface area contributed by atoms with Gasteiger partial charge in [0, 0.05) is 24.7 Å². The Hall–Kier alpha value is -2.65. The first-order chi connectivity index (χ1) is 15.8. The second-order valence-electron chi connectivity index (χ2n) is 9.05. The summed E-state index contributed by atoms with van der Waals surface area (Å²) in [5, 5.41) is 34.6. The van der Waals surface area contributed by atoms with Crippen LogP contribution in [0.1, 0.15) is 49.1 Å². The number of allylic oxidation sites excluding steroid dienone is 2. The molecule has 3 N–H and O–H groups in total. The molecule has 0 bridgehead atoms. The molecule has 178 valence electrons. The first kappa shape index (κ1) is 23.5. The summed E-state index contributed by atoms with van der Waals surface area (Å²) in [5.41, 5.74) is 2.06. The van der Waals surface area contributed by atoms with Crippen LogP contribution in [-0.2, 0) is 11.2 Å². The maximum atomic E-state index is 15.2. The Bertz CT molecular complexity index is 995. The number of aromatic amines is 1. The number of hydrogen-bond acceptors (Lipinski definition) is 6. The summed E-state index contributed by atoms with van der Waals surface area (Å²) in [5.74, 6) is -5.13. The average molecular weight is 461 g/mol. The molecule has 9 heteroatoms. The van der Waals surface area contributed by atoms with Crippen LogP contribution in [0.4, 0.5) is 8.78 Å². The molecule has 0 radical (unpaired) electrons. The van der Waals surface area contributed by atoms with Gasteiger partial charge in [0.25, 0.3) is 0 Å². The summed E-state index contributed by atoms with van der Waals surface area (Å²) >= 11 is 0. The molecule has 1 aromatic heterocycles. The molecule has 2 aromatic rings. The molecule has 33 heavy (non-hydrogen) atoms. The van der Waals surface area contributed by atoms with Gasteiger partial charge < -0.3 is 14.9 Å². The van der Waals surface area contributed by atoms with Gasteiger partial charge in [0.05, 0.1) is 18.1 Å². The van der Waals surface area contributed by atoms with E-state index >= 15 is 8.78 Å². The number of ether oxygens (including phenoxy) is 1. The number of benzene rings is 1. The minimum absolute atomic E-state index is 0.138. The molecular formula is C24H30F2N4O3. The van der Waals surface area contributed by atoms with Crippen molar-refractivity contribution in [3.63, 3.8) is 0 Å². The van der Waals surface area contributed by atoms with E-state index in [2.05, 4.69) is 20.6 Å². The number of aryl methyl sites for hydroxylation is 2. The summed E-state index contributed by atoms with van der Waals surface area (Å²) in [6.07, 6.45) is 3.62. The first-order valence-corrected chi connectivity index (χ1v) is 11.4. The Morgan fingerprint density at radius 2 is 2.18 bits per heavy atom. The molecule has 0 unspecified atom stereocenters. The number of aliphatic hydroxyl groups excluding tert-OH is 2. The third-order valence-electron chi connectivity index (χ3n) is 6.69. The second kappa shape index (κ2) is 9.69. The molecule has 0 spiro atoms. The van der Waals surface area contributed by atoms with Crippen molar-refractivity contribution in [1.29, 1.82) is 0 Å². The zero-order valence-electron chi connectivity index (χ0n) is 18.7. The summed E-state index contributed by atoms with van der Waals surface area (Å²) in [6.45, 7) is 3.87. The van der Waals surface area contributed by atoms with Gasteiger partial charge in [0.2, 0.25) is 0 Å².